The minimum Gasteiger partial charge on any atom is -0.443 e. The molecule has 13 heavy (non-hydrogen) atoms. The van der Waals surface area contributed by atoms with Gasteiger partial charge in [0.2, 0.25) is 0 Å². The lowest BCUT2D eigenvalue weighted by molar-refractivity contribution is 0.281. The maximum absolute atomic E-state index is 9.22. The van der Waals surface area contributed by atoms with E-state index in [9.17, 15) is 5.02 Å². The van der Waals surface area contributed by atoms with Crippen molar-refractivity contribution in [2.45, 2.75) is 0 Å². The average Bonchev–Trinajstić information content (AvgIpc) is 2.63. The van der Waals surface area contributed by atoms with E-state index in [-0.39, 0.29) is 0 Å². The van der Waals surface area contributed by atoms with E-state index in [4.69, 9.17) is 10.3 Å². The summed E-state index contributed by atoms with van der Waals surface area (Å²) in [6.07, 6.45) is 1.34. The van der Waals surface area contributed by atoms with E-state index >= 15 is 0 Å². The number of benzene rings is 1. The second-order valence-electron chi connectivity index (χ2n) is 2.57. The first kappa shape index (κ1) is 8.24. The maximum Gasteiger partial charge on any atom is 0.508 e. The van der Waals surface area contributed by atoms with Crippen molar-refractivity contribution in [1.29, 1.82) is 0 Å². The van der Waals surface area contributed by atoms with Gasteiger partial charge in [0.05, 0.1) is 0 Å². The summed E-state index contributed by atoms with van der Waals surface area (Å²) in [5.74, 6) is 4.83. The van der Waals surface area contributed by atoms with E-state index in [1.165, 1.54) is 6.39 Å². The van der Waals surface area contributed by atoms with Gasteiger partial charge in [-0.05, 0) is 17.6 Å². The predicted molar refractivity (Wildman–Crippen MR) is 46.9 cm³/mol. The Morgan fingerprint density at radius 3 is 3.15 bits per heavy atom. The number of nitrogens with two attached hydrogens (primary N) is 1. The van der Waals surface area contributed by atoms with Crippen molar-refractivity contribution in [3.8, 4) is 0 Å². The molecule has 0 fully saturated rings. The monoisotopic (exact) mass is 178 g/mol. The summed E-state index contributed by atoms with van der Waals surface area (Å²) >= 11 is 0. The van der Waals surface area contributed by atoms with E-state index in [1.807, 2.05) is 0 Å². The summed E-state index contributed by atoms with van der Waals surface area (Å²) in [6, 6.07) is 5.00. The van der Waals surface area contributed by atoms with Crippen molar-refractivity contribution in [1.82, 2.24) is 4.98 Å². The van der Waals surface area contributed by atoms with Crippen molar-refractivity contribution in [2.75, 3.05) is 0 Å². The molecular weight excluding hydrogens is 171 g/mol. The molecule has 0 aliphatic carbocycles. The first-order chi connectivity index (χ1) is 6.31. The number of oxazole rings is 1. The molecule has 0 saturated carbocycles. The predicted octanol–water partition coefficient (Wildman–Crippen LogP) is -0.594. The van der Waals surface area contributed by atoms with E-state index in [1.54, 1.807) is 18.2 Å². The van der Waals surface area contributed by atoms with Gasteiger partial charge >= 0.3 is 7.12 Å². The zero-order valence-electron chi connectivity index (χ0n) is 6.68. The third-order valence-corrected chi connectivity index (χ3v) is 1.77. The normalized spacial score (nSPS) is 10.6. The number of aromatic nitrogens is 1. The third-order valence-electron chi connectivity index (χ3n) is 1.77. The first-order valence-electron chi connectivity index (χ1n) is 3.68. The van der Waals surface area contributed by atoms with Crippen LogP contribution in [0.25, 0.3) is 11.1 Å². The van der Waals surface area contributed by atoms with Crippen LogP contribution in [-0.4, -0.2) is 17.1 Å². The standard InChI is InChI=1S/C7H7BN2O3/c9-13-8(11)5-1-2-7-6(3-5)10-4-12-7/h1-4,11H,9H2. The van der Waals surface area contributed by atoms with Gasteiger partial charge in [0.25, 0.3) is 0 Å². The molecule has 5 nitrogen and oxygen atoms in total. The van der Waals surface area contributed by atoms with Gasteiger partial charge in [-0.3, -0.25) is 0 Å². The molecule has 0 unspecified atom stereocenters. The highest BCUT2D eigenvalue weighted by Crippen LogP contribution is 2.09. The lowest BCUT2D eigenvalue weighted by Crippen LogP contribution is -2.35. The van der Waals surface area contributed by atoms with Crippen LogP contribution in [0.2, 0.25) is 0 Å². The number of rotatable bonds is 2. The van der Waals surface area contributed by atoms with Gasteiger partial charge in [-0.25, -0.2) is 10.9 Å². The molecule has 2 rings (SSSR count). The van der Waals surface area contributed by atoms with Gasteiger partial charge in [0.1, 0.15) is 5.52 Å². The maximum atomic E-state index is 9.22. The Kier molecular flexibility index (Phi) is 2.01. The van der Waals surface area contributed by atoms with Crippen LogP contribution in [0.1, 0.15) is 0 Å². The van der Waals surface area contributed by atoms with Crippen molar-refractivity contribution in [3.63, 3.8) is 0 Å². The molecule has 0 atom stereocenters. The van der Waals surface area contributed by atoms with Crippen LogP contribution >= 0.6 is 0 Å². The fourth-order valence-corrected chi connectivity index (χ4v) is 1.11. The van der Waals surface area contributed by atoms with Gasteiger partial charge in [-0.2, -0.15) is 0 Å². The molecule has 6 heteroatoms. The molecule has 0 amide bonds. The Bertz CT molecular complexity index is 417. The van der Waals surface area contributed by atoms with Crippen LogP contribution in [-0.2, 0) is 4.76 Å². The lowest BCUT2D eigenvalue weighted by Gasteiger charge is -2.01. The zero-order valence-corrected chi connectivity index (χ0v) is 6.68. The fourth-order valence-electron chi connectivity index (χ4n) is 1.11. The Morgan fingerprint density at radius 2 is 2.38 bits per heavy atom. The highest BCUT2D eigenvalue weighted by atomic mass is 16.6. The minimum atomic E-state index is -1.12. The summed E-state index contributed by atoms with van der Waals surface area (Å²) < 4.78 is 9.28. The second kappa shape index (κ2) is 3.17. The SMILES string of the molecule is NOB(O)c1ccc2ocnc2c1. The van der Waals surface area contributed by atoms with E-state index < -0.39 is 7.12 Å². The Hall–Kier alpha value is -1.37. The van der Waals surface area contributed by atoms with Crippen LogP contribution in [0.3, 0.4) is 0 Å². The van der Waals surface area contributed by atoms with Gasteiger partial charge in [0, 0.05) is 0 Å². The highest BCUT2D eigenvalue weighted by molar-refractivity contribution is 6.60. The summed E-state index contributed by atoms with van der Waals surface area (Å²) in [4.78, 5) is 3.92. The Balaban J connectivity index is 2.48. The quantitative estimate of drug-likeness (QED) is 0.474. The first-order valence-corrected chi connectivity index (χ1v) is 3.68. The molecule has 0 radical (unpaired) electrons. The summed E-state index contributed by atoms with van der Waals surface area (Å²) in [5.41, 5.74) is 1.87. The topological polar surface area (TPSA) is 81.5 Å². The molecule has 2 aromatic rings. The van der Waals surface area contributed by atoms with Gasteiger partial charge in [0.15, 0.2) is 12.0 Å². The van der Waals surface area contributed by atoms with E-state index in [0.29, 0.717) is 16.6 Å². The lowest BCUT2D eigenvalue weighted by atomic mass is 9.80. The number of fused-ring (bicyclic) bond motifs is 1. The van der Waals surface area contributed by atoms with Crippen molar-refractivity contribution in [3.05, 3.63) is 24.6 Å². The van der Waals surface area contributed by atoms with Gasteiger partial charge in [-0.1, -0.05) is 6.07 Å². The molecule has 0 spiro atoms. The molecule has 3 N–H and O–H groups in total. The fraction of sp³-hybridized carbons (Fsp3) is 0. The number of hydrogen-bond acceptors (Lipinski definition) is 5. The minimum absolute atomic E-state index is 0.545. The molecule has 0 aliphatic rings. The summed E-state index contributed by atoms with van der Waals surface area (Å²) in [7, 11) is -1.12. The van der Waals surface area contributed by atoms with Gasteiger partial charge in [-0.15, -0.1) is 0 Å². The zero-order chi connectivity index (χ0) is 9.26. The molecule has 0 bridgehead atoms. The average molecular weight is 178 g/mol. The molecule has 66 valence electrons. The Labute approximate surface area is 74.2 Å². The number of nitrogens with zero attached hydrogens (tertiary/aromatic N) is 1. The Morgan fingerprint density at radius 1 is 1.54 bits per heavy atom. The van der Waals surface area contributed by atoms with Crippen molar-refractivity contribution < 1.29 is 14.2 Å². The highest BCUT2D eigenvalue weighted by Gasteiger charge is 2.15. The van der Waals surface area contributed by atoms with Crippen molar-refractivity contribution >= 4 is 23.7 Å². The van der Waals surface area contributed by atoms with Crippen LogP contribution in [0.4, 0.5) is 0 Å². The molecule has 1 aromatic heterocycles. The van der Waals surface area contributed by atoms with Crippen LogP contribution in [0, 0.1) is 0 Å². The molecule has 1 aromatic carbocycles. The third kappa shape index (κ3) is 1.42. The van der Waals surface area contributed by atoms with E-state index in [0.717, 1.165) is 0 Å². The van der Waals surface area contributed by atoms with E-state index in [2.05, 4.69) is 9.74 Å². The van der Waals surface area contributed by atoms with Crippen LogP contribution in [0.5, 0.6) is 0 Å². The van der Waals surface area contributed by atoms with Crippen LogP contribution < -0.4 is 11.4 Å². The molecule has 0 aliphatic heterocycles. The number of hydrogen-bond donors (Lipinski definition) is 2. The van der Waals surface area contributed by atoms with Gasteiger partial charge < -0.3 is 14.2 Å². The largest absolute Gasteiger partial charge is 0.508 e. The molecular formula is C7H7BN2O3. The smallest absolute Gasteiger partial charge is 0.443 e. The summed E-state index contributed by atoms with van der Waals surface area (Å²) in [6.45, 7) is 0. The van der Waals surface area contributed by atoms with Crippen molar-refractivity contribution in [2.24, 2.45) is 5.90 Å². The second-order valence-corrected chi connectivity index (χ2v) is 2.57. The molecule has 1 heterocycles. The summed E-state index contributed by atoms with van der Waals surface area (Å²) in [5, 5.41) is 9.22. The van der Waals surface area contributed by atoms with Crippen LogP contribution in [0.15, 0.2) is 29.0 Å². The molecule has 0 saturated heterocycles.